The van der Waals surface area contributed by atoms with E-state index in [0.717, 1.165) is 28.8 Å². The van der Waals surface area contributed by atoms with E-state index < -0.39 is 0 Å². The van der Waals surface area contributed by atoms with E-state index in [0.29, 0.717) is 6.42 Å². The number of nitrogens with two attached hydrogens (primary N) is 1. The summed E-state index contributed by atoms with van der Waals surface area (Å²) in [6.07, 6.45) is 2.29. The van der Waals surface area contributed by atoms with Gasteiger partial charge in [0.15, 0.2) is 0 Å². The number of hydrogen-bond acceptors (Lipinski definition) is 3. The van der Waals surface area contributed by atoms with Crippen molar-refractivity contribution < 1.29 is 4.79 Å². The van der Waals surface area contributed by atoms with Crippen molar-refractivity contribution in [2.24, 2.45) is 0 Å². The highest BCUT2D eigenvalue weighted by atomic mass is 32.1. The van der Waals surface area contributed by atoms with Crippen LogP contribution in [0.5, 0.6) is 0 Å². The Morgan fingerprint density at radius 2 is 2.45 bits per heavy atom. The van der Waals surface area contributed by atoms with Gasteiger partial charge in [-0.05, 0) is 17.4 Å². The molecule has 0 saturated carbocycles. The number of aldehydes is 1. The van der Waals surface area contributed by atoms with Crippen LogP contribution in [0.15, 0.2) is 5.38 Å². The lowest BCUT2D eigenvalue weighted by Crippen LogP contribution is -1.92. The highest BCUT2D eigenvalue weighted by Crippen LogP contribution is 2.25. The number of carbonyl (C=O) groups is 1. The third kappa shape index (κ3) is 1.60. The molecule has 0 aliphatic rings. The fourth-order valence-electron chi connectivity index (χ4n) is 0.956. The molecule has 0 radical (unpaired) electrons. The molecule has 0 saturated heterocycles. The quantitative estimate of drug-likeness (QED) is 0.699. The summed E-state index contributed by atoms with van der Waals surface area (Å²) in [5.74, 6) is 0. The molecule has 0 amide bonds. The number of carbonyl (C=O) groups excluding carboxylic acids is 1. The van der Waals surface area contributed by atoms with Gasteiger partial charge in [0.2, 0.25) is 0 Å². The first-order chi connectivity index (χ1) is 5.29. The van der Waals surface area contributed by atoms with Gasteiger partial charge in [-0.25, -0.2) is 0 Å². The van der Waals surface area contributed by atoms with Crippen molar-refractivity contribution in [2.45, 2.75) is 19.8 Å². The summed E-state index contributed by atoms with van der Waals surface area (Å²) >= 11 is 1.57. The molecule has 3 heteroatoms. The lowest BCUT2D eigenvalue weighted by Gasteiger charge is -1.94. The lowest BCUT2D eigenvalue weighted by atomic mass is 10.2. The van der Waals surface area contributed by atoms with Crippen molar-refractivity contribution >= 4 is 23.3 Å². The zero-order valence-corrected chi connectivity index (χ0v) is 7.28. The lowest BCUT2D eigenvalue weighted by molar-refractivity contribution is -0.107. The molecule has 0 bridgehead atoms. The number of rotatable bonds is 3. The van der Waals surface area contributed by atoms with Crippen LogP contribution >= 0.6 is 11.3 Å². The molecule has 0 unspecified atom stereocenters. The van der Waals surface area contributed by atoms with Crippen LogP contribution in [0.4, 0.5) is 5.69 Å². The standard InChI is InChI=1S/C8H11NOS/c1-2-6-5-11-7(3-4-10)8(6)9/h4-5H,2-3,9H2,1H3. The van der Waals surface area contributed by atoms with Crippen molar-refractivity contribution in [2.75, 3.05) is 5.73 Å². The van der Waals surface area contributed by atoms with Gasteiger partial charge in [0.05, 0.1) is 0 Å². The maximum atomic E-state index is 10.2. The maximum Gasteiger partial charge on any atom is 0.125 e. The Kier molecular flexibility index (Phi) is 2.65. The van der Waals surface area contributed by atoms with Gasteiger partial charge in [-0.15, -0.1) is 11.3 Å². The molecule has 0 aromatic carbocycles. The topological polar surface area (TPSA) is 43.1 Å². The number of hydrogen-bond donors (Lipinski definition) is 1. The van der Waals surface area contributed by atoms with E-state index in [1.165, 1.54) is 0 Å². The third-order valence-electron chi connectivity index (χ3n) is 1.64. The highest BCUT2D eigenvalue weighted by Gasteiger charge is 2.05. The van der Waals surface area contributed by atoms with Gasteiger partial charge < -0.3 is 10.5 Å². The molecule has 0 spiro atoms. The van der Waals surface area contributed by atoms with Crippen molar-refractivity contribution in [3.05, 3.63) is 15.8 Å². The van der Waals surface area contributed by atoms with Crippen LogP contribution in [-0.4, -0.2) is 6.29 Å². The van der Waals surface area contributed by atoms with Gasteiger partial charge >= 0.3 is 0 Å². The van der Waals surface area contributed by atoms with Crippen LogP contribution in [0.1, 0.15) is 17.4 Å². The van der Waals surface area contributed by atoms with Crippen LogP contribution < -0.4 is 5.73 Å². The second kappa shape index (κ2) is 3.53. The molecule has 1 rings (SSSR count). The summed E-state index contributed by atoms with van der Waals surface area (Å²) in [6, 6.07) is 0. The van der Waals surface area contributed by atoms with Gasteiger partial charge in [0.25, 0.3) is 0 Å². The van der Waals surface area contributed by atoms with E-state index >= 15 is 0 Å². The van der Waals surface area contributed by atoms with Crippen molar-refractivity contribution in [3.8, 4) is 0 Å². The first-order valence-electron chi connectivity index (χ1n) is 3.58. The normalized spacial score (nSPS) is 9.91. The number of aryl methyl sites for hydroxylation is 1. The van der Waals surface area contributed by atoms with Crippen molar-refractivity contribution in [3.63, 3.8) is 0 Å². The molecule has 2 N–H and O–H groups in total. The van der Waals surface area contributed by atoms with Crippen molar-refractivity contribution in [1.29, 1.82) is 0 Å². The molecule has 0 fully saturated rings. The second-order valence-electron chi connectivity index (χ2n) is 2.32. The Bertz CT molecular complexity index is 255. The van der Waals surface area contributed by atoms with Gasteiger partial charge in [-0.3, -0.25) is 0 Å². The van der Waals surface area contributed by atoms with E-state index in [-0.39, 0.29) is 0 Å². The van der Waals surface area contributed by atoms with Gasteiger partial charge in [0.1, 0.15) is 6.29 Å². The Morgan fingerprint density at radius 3 is 2.91 bits per heavy atom. The molecule has 2 nitrogen and oxygen atoms in total. The average molecular weight is 169 g/mol. The highest BCUT2D eigenvalue weighted by molar-refractivity contribution is 7.10. The molecule has 11 heavy (non-hydrogen) atoms. The summed E-state index contributed by atoms with van der Waals surface area (Å²) < 4.78 is 0. The van der Waals surface area contributed by atoms with Crippen LogP contribution in [0.3, 0.4) is 0 Å². The van der Waals surface area contributed by atoms with Crippen molar-refractivity contribution in [1.82, 2.24) is 0 Å². The number of thiophene rings is 1. The van der Waals surface area contributed by atoms with Crippen LogP contribution in [0.2, 0.25) is 0 Å². The van der Waals surface area contributed by atoms with E-state index in [2.05, 4.69) is 6.92 Å². The summed E-state index contributed by atoms with van der Waals surface area (Å²) in [6.45, 7) is 2.06. The van der Waals surface area contributed by atoms with Gasteiger partial charge in [-0.1, -0.05) is 6.92 Å². The Morgan fingerprint density at radius 1 is 1.73 bits per heavy atom. The minimum absolute atomic E-state index is 0.455. The molecule has 1 aromatic heterocycles. The smallest absolute Gasteiger partial charge is 0.125 e. The average Bonchev–Trinajstić information content (AvgIpc) is 2.34. The maximum absolute atomic E-state index is 10.2. The minimum atomic E-state index is 0.455. The fourth-order valence-corrected chi connectivity index (χ4v) is 1.96. The summed E-state index contributed by atoms with van der Waals surface area (Å²) in [5, 5.41) is 2.02. The molecule has 60 valence electrons. The summed E-state index contributed by atoms with van der Waals surface area (Å²) in [4.78, 5) is 11.2. The molecule has 0 aliphatic heterocycles. The largest absolute Gasteiger partial charge is 0.398 e. The molecule has 1 heterocycles. The van der Waals surface area contributed by atoms with E-state index in [4.69, 9.17) is 5.73 Å². The molecule has 0 atom stereocenters. The monoisotopic (exact) mass is 169 g/mol. The van der Waals surface area contributed by atoms with E-state index in [9.17, 15) is 4.79 Å². The van der Waals surface area contributed by atoms with Crippen LogP contribution in [-0.2, 0) is 17.6 Å². The van der Waals surface area contributed by atoms with Crippen LogP contribution in [0.25, 0.3) is 0 Å². The molecule has 1 aromatic rings. The van der Waals surface area contributed by atoms with Gasteiger partial charge in [0, 0.05) is 17.0 Å². The molecular formula is C8H11NOS. The SMILES string of the molecule is CCc1csc(CC=O)c1N. The Balaban J connectivity index is 2.90. The summed E-state index contributed by atoms with van der Waals surface area (Å²) in [7, 11) is 0. The van der Waals surface area contributed by atoms with Crippen LogP contribution in [0, 0.1) is 0 Å². The zero-order valence-electron chi connectivity index (χ0n) is 6.46. The Hall–Kier alpha value is -0.830. The third-order valence-corrected chi connectivity index (χ3v) is 2.71. The molecule has 0 aliphatic carbocycles. The zero-order chi connectivity index (χ0) is 8.27. The second-order valence-corrected chi connectivity index (χ2v) is 3.29. The predicted molar refractivity (Wildman–Crippen MR) is 47.9 cm³/mol. The Labute approximate surface area is 70.0 Å². The fraction of sp³-hybridized carbons (Fsp3) is 0.375. The first-order valence-corrected chi connectivity index (χ1v) is 4.45. The van der Waals surface area contributed by atoms with Gasteiger partial charge in [-0.2, -0.15) is 0 Å². The summed E-state index contributed by atoms with van der Waals surface area (Å²) in [5.41, 5.74) is 7.72. The molecular weight excluding hydrogens is 158 g/mol. The first kappa shape index (κ1) is 8.27. The van der Waals surface area contributed by atoms with E-state index in [1.54, 1.807) is 11.3 Å². The van der Waals surface area contributed by atoms with E-state index in [1.807, 2.05) is 5.38 Å². The predicted octanol–water partition coefficient (Wildman–Crippen LogP) is 1.63. The number of anilines is 1. The minimum Gasteiger partial charge on any atom is -0.398 e. The number of nitrogen functional groups attached to an aromatic ring is 1.